The summed E-state index contributed by atoms with van der Waals surface area (Å²) in [6.45, 7) is 1.84. The Labute approximate surface area is 208 Å². The minimum atomic E-state index is -4.01. The molecule has 34 heavy (non-hydrogen) atoms. The molecule has 0 heterocycles. The third-order valence-corrected chi connectivity index (χ3v) is 6.84. The number of nitrogens with one attached hydrogen (secondary N) is 3. The SMILES string of the molecule is Cc1ccc(S(=O)(=O)NC(CCC(=O)Nc2ccc(Cl)cc2)C(=O)Nc2ccc(Cl)cc2)cc1. The van der Waals surface area contributed by atoms with Crippen LogP contribution in [0.2, 0.25) is 10.0 Å². The first-order chi connectivity index (χ1) is 16.1. The van der Waals surface area contributed by atoms with E-state index in [0.29, 0.717) is 21.4 Å². The predicted molar refractivity (Wildman–Crippen MR) is 135 cm³/mol. The first-order valence-electron chi connectivity index (χ1n) is 10.3. The van der Waals surface area contributed by atoms with Gasteiger partial charge in [-0.15, -0.1) is 0 Å². The predicted octanol–water partition coefficient (Wildman–Crippen LogP) is 5.01. The topological polar surface area (TPSA) is 104 Å². The van der Waals surface area contributed by atoms with Crippen molar-refractivity contribution in [3.8, 4) is 0 Å². The second-order valence-electron chi connectivity index (χ2n) is 7.58. The van der Waals surface area contributed by atoms with Crippen LogP contribution >= 0.6 is 23.2 Å². The van der Waals surface area contributed by atoms with Gasteiger partial charge in [0.2, 0.25) is 21.8 Å². The van der Waals surface area contributed by atoms with Crippen LogP contribution in [-0.2, 0) is 19.6 Å². The molecule has 1 unspecified atom stereocenters. The average Bonchev–Trinajstić information content (AvgIpc) is 2.80. The molecule has 0 bridgehead atoms. The smallest absolute Gasteiger partial charge is 0.242 e. The summed E-state index contributed by atoms with van der Waals surface area (Å²) in [6, 6.07) is 18.0. The molecule has 2 amide bonds. The van der Waals surface area contributed by atoms with Gasteiger partial charge in [-0.1, -0.05) is 40.9 Å². The Bertz CT molecular complexity index is 1250. The lowest BCUT2D eigenvalue weighted by molar-refractivity contribution is -0.118. The second kappa shape index (κ2) is 11.5. The van der Waals surface area contributed by atoms with Crippen molar-refractivity contribution in [3.05, 3.63) is 88.4 Å². The molecule has 178 valence electrons. The van der Waals surface area contributed by atoms with E-state index in [9.17, 15) is 18.0 Å². The van der Waals surface area contributed by atoms with Crippen LogP contribution in [0.5, 0.6) is 0 Å². The summed E-state index contributed by atoms with van der Waals surface area (Å²) in [7, 11) is -4.01. The summed E-state index contributed by atoms with van der Waals surface area (Å²) in [4.78, 5) is 25.4. The molecule has 0 aliphatic heterocycles. The first-order valence-corrected chi connectivity index (χ1v) is 12.6. The highest BCUT2D eigenvalue weighted by molar-refractivity contribution is 7.89. The average molecular weight is 520 g/mol. The van der Waals surface area contributed by atoms with Gasteiger partial charge in [0.1, 0.15) is 6.04 Å². The van der Waals surface area contributed by atoms with Crippen molar-refractivity contribution in [3.63, 3.8) is 0 Å². The van der Waals surface area contributed by atoms with Crippen LogP contribution < -0.4 is 15.4 Å². The normalized spacial score (nSPS) is 12.1. The number of anilines is 2. The largest absolute Gasteiger partial charge is 0.326 e. The van der Waals surface area contributed by atoms with E-state index in [-0.39, 0.29) is 23.6 Å². The highest BCUT2D eigenvalue weighted by atomic mass is 35.5. The van der Waals surface area contributed by atoms with Gasteiger partial charge in [-0.2, -0.15) is 4.72 Å². The molecule has 10 heteroatoms. The van der Waals surface area contributed by atoms with Gasteiger partial charge in [0.05, 0.1) is 4.90 Å². The molecule has 3 N–H and O–H groups in total. The number of amides is 2. The van der Waals surface area contributed by atoms with Crippen LogP contribution in [0, 0.1) is 6.92 Å². The zero-order valence-electron chi connectivity index (χ0n) is 18.2. The van der Waals surface area contributed by atoms with E-state index in [1.165, 1.54) is 12.1 Å². The van der Waals surface area contributed by atoms with Gasteiger partial charge in [0.15, 0.2) is 0 Å². The van der Waals surface area contributed by atoms with E-state index >= 15 is 0 Å². The van der Waals surface area contributed by atoms with E-state index in [1.54, 1.807) is 60.7 Å². The summed E-state index contributed by atoms with van der Waals surface area (Å²) in [5.74, 6) is -0.974. The van der Waals surface area contributed by atoms with E-state index in [2.05, 4.69) is 15.4 Å². The Morgan fingerprint density at radius 1 is 0.794 bits per heavy atom. The van der Waals surface area contributed by atoms with Gasteiger partial charge in [0, 0.05) is 27.8 Å². The van der Waals surface area contributed by atoms with E-state index in [4.69, 9.17) is 23.2 Å². The third-order valence-electron chi connectivity index (χ3n) is 4.84. The molecule has 1 atom stereocenters. The molecule has 3 aromatic carbocycles. The quantitative estimate of drug-likeness (QED) is 0.369. The van der Waals surface area contributed by atoms with Crippen LogP contribution in [0.15, 0.2) is 77.7 Å². The van der Waals surface area contributed by atoms with Crippen molar-refractivity contribution in [2.24, 2.45) is 0 Å². The molecule has 0 aliphatic carbocycles. The molecule has 0 saturated heterocycles. The second-order valence-corrected chi connectivity index (χ2v) is 10.2. The Kier molecular flexibility index (Phi) is 8.68. The van der Waals surface area contributed by atoms with Crippen molar-refractivity contribution in [1.82, 2.24) is 4.72 Å². The van der Waals surface area contributed by atoms with Crippen LogP contribution in [0.1, 0.15) is 18.4 Å². The lowest BCUT2D eigenvalue weighted by Crippen LogP contribution is -2.44. The van der Waals surface area contributed by atoms with Crippen molar-refractivity contribution in [1.29, 1.82) is 0 Å². The highest BCUT2D eigenvalue weighted by Crippen LogP contribution is 2.17. The van der Waals surface area contributed by atoms with Gasteiger partial charge in [-0.3, -0.25) is 9.59 Å². The van der Waals surface area contributed by atoms with Crippen LogP contribution in [0.3, 0.4) is 0 Å². The maximum absolute atomic E-state index is 13.0. The Hall–Kier alpha value is -2.91. The first kappa shape index (κ1) is 25.7. The number of hydrogen-bond acceptors (Lipinski definition) is 4. The third kappa shape index (κ3) is 7.56. The molecule has 3 aromatic rings. The van der Waals surface area contributed by atoms with Gasteiger partial charge in [0.25, 0.3) is 0 Å². The Morgan fingerprint density at radius 2 is 1.29 bits per heavy atom. The number of carbonyl (C=O) groups is 2. The number of carbonyl (C=O) groups excluding carboxylic acids is 2. The minimum absolute atomic E-state index is 0.0213. The van der Waals surface area contributed by atoms with Crippen molar-refractivity contribution >= 4 is 56.4 Å². The van der Waals surface area contributed by atoms with Gasteiger partial charge >= 0.3 is 0 Å². The lowest BCUT2D eigenvalue weighted by Gasteiger charge is -2.19. The van der Waals surface area contributed by atoms with E-state index < -0.39 is 22.0 Å². The van der Waals surface area contributed by atoms with Gasteiger partial charge < -0.3 is 10.6 Å². The summed E-state index contributed by atoms with van der Waals surface area (Å²) in [5, 5.41) is 6.38. The van der Waals surface area contributed by atoms with Crippen molar-refractivity contribution < 1.29 is 18.0 Å². The molecule has 0 saturated carbocycles. The standard InChI is InChI=1S/C24H23Cl2N3O4S/c1-16-2-12-21(13-3-16)34(32,33)29-22(24(31)28-20-10-6-18(26)7-11-20)14-15-23(30)27-19-8-4-17(25)5-9-19/h2-13,22,29H,14-15H2,1H3,(H,27,30)(H,28,31). The summed E-state index contributed by atoms with van der Waals surface area (Å²) in [5.41, 5.74) is 1.88. The summed E-state index contributed by atoms with van der Waals surface area (Å²) >= 11 is 11.7. The zero-order chi connectivity index (χ0) is 24.7. The van der Waals surface area contributed by atoms with E-state index in [0.717, 1.165) is 5.56 Å². The van der Waals surface area contributed by atoms with Crippen molar-refractivity contribution in [2.75, 3.05) is 10.6 Å². The monoisotopic (exact) mass is 519 g/mol. The fourth-order valence-electron chi connectivity index (χ4n) is 3.01. The maximum Gasteiger partial charge on any atom is 0.242 e. The Balaban J connectivity index is 1.73. The molecular weight excluding hydrogens is 497 g/mol. The molecule has 7 nitrogen and oxygen atoms in total. The molecule has 0 aliphatic rings. The molecule has 3 rings (SSSR count). The number of sulfonamides is 1. The zero-order valence-corrected chi connectivity index (χ0v) is 20.5. The number of rotatable bonds is 9. The molecule has 0 radical (unpaired) electrons. The highest BCUT2D eigenvalue weighted by Gasteiger charge is 2.26. The lowest BCUT2D eigenvalue weighted by atomic mass is 10.1. The van der Waals surface area contributed by atoms with Crippen LogP contribution in [-0.4, -0.2) is 26.3 Å². The fraction of sp³-hybridized carbons (Fsp3) is 0.167. The molecule has 0 fully saturated rings. The number of aryl methyl sites for hydroxylation is 1. The van der Waals surface area contributed by atoms with Crippen molar-refractivity contribution in [2.45, 2.75) is 30.7 Å². The van der Waals surface area contributed by atoms with Gasteiger partial charge in [-0.25, -0.2) is 8.42 Å². The van der Waals surface area contributed by atoms with Gasteiger partial charge in [-0.05, 0) is 74.0 Å². The molecule has 0 spiro atoms. The Morgan fingerprint density at radius 3 is 1.82 bits per heavy atom. The summed E-state index contributed by atoms with van der Waals surface area (Å²) < 4.78 is 28.2. The van der Waals surface area contributed by atoms with E-state index in [1.807, 2.05) is 6.92 Å². The van der Waals surface area contributed by atoms with Crippen LogP contribution in [0.4, 0.5) is 11.4 Å². The maximum atomic E-state index is 13.0. The molecule has 0 aromatic heterocycles. The molecular formula is C24H23Cl2N3O4S. The minimum Gasteiger partial charge on any atom is -0.326 e. The number of hydrogen-bond donors (Lipinski definition) is 3. The summed E-state index contributed by atoms with van der Waals surface area (Å²) in [6.07, 6.45) is -0.165. The number of halogens is 2. The fourth-order valence-corrected chi connectivity index (χ4v) is 4.49. The number of benzene rings is 3. The van der Waals surface area contributed by atoms with Crippen LogP contribution in [0.25, 0.3) is 0 Å².